The lowest BCUT2D eigenvalue weighted by Gasteiger charge is -2.10. The molecule has 28 heavy (non-hydrogen) atoms. The van der Waals surface area contributed by atoms with Gasteiger partial charge in [-0.3, -0.25) is 4.79 Å². The molecule has 1 N–H and O–H groups in total. The summed E-state index contributed by atoms with van der Waals surface area (Å²) < 4.78 is 43.5. The molecule has 0 aromatic heterocycles. The van der Waals surface area contributed by atoms with Gasteiger partial charge in [-0.05, 0) is 35.7 Å². The molecule has 3 nitrogen and oxygen atoms in total. The van der Waals surface area contributed by atoms with Gasteiger partial charge in [-0.1, -0.05) is 42.2 Å². The largest absolute Gasteiger partial charge is 0.496 e. The van der Waals surface area contributed by atoms with Gasteiger partial charge in [0.2, 0.25) is 0 Å². The molecule has 0 unspecified atom stereocenters. The molecule has 0 aliphatic heterocycles. The van der Waals surface area contributed by atoms with Gasteiger partial charge in [0, 0.05) is 16.5 Å². The number of carbonyl (C=O) groups excluding carboxylic acids is 1. The summed E-state index contributed by atoms with van der Waals surface area (Å²) in [6.45, 7) is 0.00936. The third kappa shape index (κ3) is 4.26. The molecular formula is C22H16F3NO2. The molecule has 0 aliphatic rings. The Balaban J connectivity index is 1.73. The van der Waals surface area contributed by atoms with Crippen molar-refractivity contribution in [3.63, 3.8) is 0 Å². The van der Waals surface area contributed by atoms with Crippen LogP contribution < -0.4 is 10.1 Å². The molecule has 3 aromatic rings. The van der Waals surface area contributed by atoms with Crippen molar-refractivity contribution in [1.29, 1.82) is 0 Å². The second-order valence-electron chi connectivity index (χ2n) is 5.92. The Bertz CT molecular complexity index is 1080. The van der Waals surface area contributed by atoms with Crippen LogP contribution in [0.25, 0.3) is 10.8 Å². The summed E-state index contributed by atoms with van der Waals surface area (Å²) in [4.78, 5) is 12.5. The number of halogens is 3. The molecule has 142 valence electrons. The summed E-state index contributed by atoms with van der Waals surface area (Å²) >= 11 is 0. The van der Waals surface area contributed by atoms with Crippen molar-refractivity contribution in [2.45, 2.75) is 6.18 Å². The van der Waals surface area contributed by atoms with E-state index in [1.807, 2.05) is 24.3 Å². The van der Waals surface area contributed by atoms with E-state index in [2.05, 4.69) is 17.2 Å². The van der Waals surface area contributed by atoms with Crippen molar-refractivity contribution >= 4 is 16.7 Å². The quantitative estimate of drug-likeness (QED) is 0.669. The Labute approximate surface area is 160 Å². The number of hydrogen-bond acceptors (Lipinski definition) is 2. The second-order valence-corrected chi connectivity index (χ2v) is 5.92. The number of methoxy groups -OCH3 is 1. The SMILES string of the molecule is COc1ccc(C(=O)NCC#Cc2cccc(C(F)(F)F)c2)c2ccccc12. The van der Waals surface area contributed by atoms with Crippen LogP contribution in [0.4, 0.5) is 13.2 Å². The maximum atomic E-state index is 12.7. The lowest BCUT2D eigenvalue weighted by molar-refractivity contribution is -0.137. The maximum Gasteiger partial charge on any atom is 0.416 e. The Morgan fingerprint density at radius 1 is 1.04 bits per heavy atom. The molecule has 0 radical (unpaired) electrons. The van der Waals surface area contributed by atoms with Gasteiger partial charge < -0.3 is 10.1 Å². The first-order valence-electron chi connectivity index (χ1n) is 8.40. The molecule has 0 aliphatic carbocycles. The van der Waals surface area contributed by atoms with Crippen molar-refractivity contribution < 1.29 is 22.7 Å². The molecule has 0 fully saturated rings. The number of fused-ring (bicyclic) bond motifs is 1. The third-order valence-corrected chi connectivity index (χ3v) is 4.11. The van der Waals surface area contributed by atoms with E-state index in [1.54, 1.807) is 19.2 Å². The van der Waals surface area contributed by atoms with Crippen LogP contribution in [0.1, 0.15) is 21.5 Å². The van der Waals surface area contributed by atoms with E-state index in [0.29, 0.717) is 11.3 Å². The van der Waals surface area contributed by atoms with Crippen molar-refractivity contribution in [2.24, 2.45) is 0 Å². The normalized spacial score (nSPS) is 10.9. The van der Waals surface area contributed by atoms with E-state index in [1.165, 1.54) is 12.1 Å². The molecule has 3 rings (SSSR count). The van der Waals surface area contributed by atoms with Crippen LogP contribution in [0.15, 0.2) is 60.7 Å². The van der Waals surface area contributed by atoms with E-state index in [-0.39, 0.29) is 18.0 Å². The summed E-state index contributed by atoms with van der Waals surface area (Å²) in [5.41, 5.74) is -0.0516. The highest BCUT2D eigenvalue weighted by Crippen LogP contribution is 2.29. The number of amides is 1. The smallest absolute Gasteiger partial charge is 0.416 e. The minimum atomic E-state index is -4.42. The highest BCUT2D eigenvalue weighted by molar-refractivity contribution is 6.08. The van der Waals surface area contributed by atoms with Crippen LogP contribution in [0, 0.1) is 11.8 Å². The van der Waals surface area contributed by atoms with Crippen molar-refractivity contribution in [2.75, 3.05) is 13.7 Å². The van der Waals surface area contributed by atoms with Crippen molar-refractivity contribution in [3.05, 3.63) is 77.4 Å². The zero-order valence-corrected chi connectivity index (χ0v) is 14.9. The fourth-order valence-electron chi connectivity index (χ4n) is 2.79. The number of hydrogen-bond donors (Lipinski definition) is 1. The second kappa shape index (κ2) is 8.05. The number of carbonyl (C=O) groups is 1. The first kappa shape index (κ1) is 19.3. The highest BCUT2D eigenvalue weighted by atomic mass is 19.4. The summed E-state index contributed by atoms with van der Waals surface area (Å²) in [6, 6.07) is 15.5. The Morgan fingerprint density at radius 3 is 2.50 bits per heavy atom. The predicted molar refractivity (Wildman–Crippen MR) is 101 cm³/mol. The zero-order valence-electron chi connectivity index (χ0n) is 14.9. The van der Waals surface area contributed by atoms with Gasteiger partial charge in [-0.25, -0.2) is 0 Å². The summed E-state index contributed by atoms with van der Waals surface area (Å²) in [7, 11) is 1.56. The predicted octanol–water partition coefficient (Wildman–Crippen LogP) is 4.65. The van der Waals surface area contributed by atoms with E-state index < -0.39 is 11.7 Å². The standard InChI is InChI=1S/C22H16F3NO2/c1-28-20-12-11-19(17-9-2-3-10-18(17)20)21(27)26-13-5-7-15-6-4-8-16(14-15)22(23,24)25/h2-4,6,8-12,14H,13H2,1H3,(H,26,27). The van der Waals surface area contributed by atoms with Gasteiger partial charge in [-0.2, -0.15) is 13.2 Å². The van der Waals surface area contributed by atoms with Gasteiger partial charge in [0.25, 0.3) is 5.91 Å². The monoisotopic (exact) mass is 383 g/mol. The molecule has 6 heteroatoms. The average molecular weight is 383 g/mol. The number of alkyl halides is 3. The Morgan fingerprint density at radius 2 is 1.79 bits per heavy atom. The van der Waals surface area contributed by atoms with E-state index in [9.17, 15) is 18.0 Å². The summed E-state index contributed by atoms with van der Waals surface area (Å²) in [6.07, 6.45) is -4.42. The van der Waals surface area contributed by atoms with E-state index in [4.69, 9.17) is 4.74 Å². The molecule has 0 saturated carbocycles. The number of ether oxygens (including phenoxy) is 1. The number of benzene rings is 3. The van der Waals surface area contributed by atoms with Crippen LogP contribution in [0.3, 0.4) is 0 Å². The lowest BCUT2D eigenvalue weighted by atomic mass is 10.0. The summed E-state index contributed by atoms with van der Waals surface area (Å²) in [5, 5.41) is 4.22. The molecule has 1 amide bonds. The average Bonchev–Trinajstić information content (AvgIpc) is 2.69. The molecular weight excluding hydrogens is 367 g/mol. The lowest BCUT2D eigenvalue weighted by Crippen LogP contribution is -2.23. The topological polar surface area (TPSA) is 38.3 Å². The van der Waals surface area contributed by atoms with E-state index in [0.717, 1.165) is 22.9 Å². The highest BCUT2D eigenvalue weighted by Gasteiger charge is 2.30. The molecule has 0 spiro atoms. The van der Waals surface area contributed by atoms with Crippen LogP contribution >= 0.6 is 0 Å². The molecule has 3 aromatic carbocycles. The zero-order chi connectivity index (χ0) is 20.1. The van der Waals surface area contributed by atoms with Gasteiger partial charge >= 0.3 is 6.18 Å². The van der Waals surface area contributed by atoms with Gasteiger partial charge in [0.15, 0.2) is 0 Å². The number of nitrogens with one attached hydrogen (secondary N) is 1. The Hall–Kier alpha value is -3.46. The first-order chi connectivity index (χ1) is 13.4. The molecule has 0 bridgehead atoms. The molecule has 0 heterocycles. The number of rotatable bonds is 3. The first-order valence-corrected chi connectivity index (χ1v) is 8.40. The van der Waals surface area contributed by atoms with Crippen molar-refractivity contribution in [3.8, 4) is 17.6 Å². The minimum absolute atomic E-state index is 0.00936. The van der Waals surface area contributed by atoms with Crippen LogP contribution in [-0.4, -0.2) is 19.6 Å². The summed E-state index contributed by atoms with van der Waals surface area (Å²) in [5.74, 6) is 5.65. The van der Waals surface area contributed by atoms with E-state index >= 15 is 0 Å². The van der Waals surface area contributed by atoms with Crippen LogP contribution in [-0.2, 0) is 6.18 Å². The molecule has 0 saturated heterocycles. The van der Waals surface area contributed by atoms with Gasteiger partial charge in [0.1, 0.15) is 5.75 Å². The van der Waals surface area contributed by atoms with Crippen molar-refractivity contribution in [1.82, 2.24) is 5.32 Å². The fraction of sp³-hybridized carbons (Fsp3) is 0.136. The van der Waals surface area contributed by atoms with Crippen LogP contribution in [0.5, 0.6) is 5.75 Å². The minimum Gasteiger partial charge on any atom is -0.496 e. The Kier molecular flexibility index (Phi) is 5.55. The third-order valence-electron chi connectivity index (χ3n) is 4.11. The van der Waals surface area contributed by atoms with Gasteiger partial charge in [0.05, 0.1) is 19.2 Å². The fourth-order valence-corrected chi connectivity index (χ4v) is 2.79. The van der Waals surface area contributed by atoms with Crippen LogP contribution in [0.2, 0.25) is 0 Å². The maximum absolute atomic E-state index is 12.7. The van der Waals surface area contributed by atoms with Gasteiger partial charge in [-0.15, -0.1) is 0 Å². The molecule has 0 atom stereocenters.